The highest BCUT2D eigenvalue weighted by Crippen LogP contribution is 2.25. The van der Waals surface area contributed by atoms with E-state index in [0.29, 0.717) is 11.6 Å². The number of sulfonamides is 1. The number of imidazole rings is 1. The van der Waals surface area contributed by atoms with E-state index in [2.05, 4.69) is 9.71 Å². The lowest BCUT2D eigenvalue weighted by atomic mass is 10.1. The van der Waals surface area contributed by atoms with Gasteiger partial charge in [0.1, 0.15) is 17.6 Å². The first-order valence-corrected chi connectivity index (χ1v) is 9.90. The van der Waals surface area contributed by atoms with Crippen LogP contribution in [0.15, 0.2) is 72.4 Å². The van der Waals surface area contributed by atoms with Crippen molar-refractivity contribution in [3.8, 4) is 5.75 Å². The average Bonchev–Trinajstić information content (AvgIpc) is 3.11. The molecule has 7 heteroatoms. The van der Waals surface area contributed by atoms with Crippen molar-refractivity contribution >= 4 is 16.1 Å². The van der Waals surface area contributed by atoms with Gasteiger partial charge in [0, 0.05) is 24.8 Å². The first-order valence-electron chi connectivity index (χ1n) is 8.35. The van der Waals surface area contributed by atoms with Crippen LogP contribution in [0.25, 0.3) is 6.08 Å². The molecule has 3 aromatic rings. The Morgan fingerprint density at radius 1 is 1.15 bits per heavy atom. The zero-order valence-corrected chi connectivity index (χ0v) is 15.9. The Kier molecular flexibility index (Phi) is 5.73. The summed E-state index contributed by atoms with van der Waals surface area (Å²) < 4.78 is 35.1. The molecular weight excluding hydrogens is 362 g/mol. The van der Waals surface area contributed by atoms with Crippen LogP contribution in [0.5, 0.6) is 5.75 Å². The Bertz CT molecular complexity index is 1030. The molecule has 0 fully saturated rings. The fraction of sp³-hybridized carbons (Fsp3) is 0.150. The molecule has 1 unspecified atom stereocenters. The number of methoxy groups -OCH3 is 1. The Labute approximate surface area is 159 Å². The van der Waals surface area contributed by atoms with E-state index in [-0.39, 0.29) is 0 Å². The molecular formula is C20H21N3O3S. The molecule has 0 spiro atoms. The van der Waals surface area contributed by atoms with Gasteiger partial charge in [-0.3, -0.25) is 0 Å². The molecule has 1 N–H and O–H groups in total. The van der Waals surface area contributed by atoms with E-state index in [0.717, 1.165) is 11.1 Å². The van der Waals surface area contributed by atoms with Gasteiger partial charge in [-0.25, -0.2) is 13.4 Å². The molecule has 0 aliphatic carbocycles. The SMILES string of the molecule is COc1cccc(C(NS(=O)(=O)/C=C/c2ccccc2)c2nccn2C)c1. The van der Waals surface area contributed by atoms with Gasteiger partial charge in [-0.2, -0.15) is 4.72 Å². The summed E-state index contributed by atoms with van der Waals surface area (Å²) in [6, 6.07) is 15.9. The molecule has 0 saturated heterocycles. The van der Waals surface area contributed by atoms with Gasteiger partial charge < -0.3 is 9.30 Å². The van der Waals surface area contributed by atoms with Crippen molar-refractivity contribution in [2.24, 2.45) is 7.05 Å². The Balaban J connectivity index is 1.94. The molecule has 3 rings (SSSR count). The molecule has 6 nitrogen and oxygen atoms in total. The second-order valence-electron chi connectivity index (χ2n) is 5.98. The largest absolute Gasteiger partial charge is 0.497 e. The lowest BCUT2D eigenvalue weighted by Crippen LogP contribution is -2.29. The van der Waals surface area contributed by atoms with Gasteiger partial charge in [-0.1, -0.05) is 42.5 Å². The van der Waals surface area contributed by atoms with E-state index >= 15 is 0 Å². The fourth-order valence-corrected chi connectivity index (χ4v) is 3.67. The van der Waals surface area contributed by atoms with Crippen LogP contribution in [0.3, 0.4) is 0 Å². The maximum atomic E-state index is 12.7. The molecule has 0 aliphatic rings. The highest BCUT2D eigenvalue weighted by Gasteiger charge is 2.23. The zero-order valence-electron chi connectivity index (χ0n) is 15.1. The van der Waals surface area contributed by atoms with Crippen LogP contribution in [0, 0.1) is 0 Å². The number of benzene rings is 2. The first kappa shape index (κ1) is 18.9. The quantitative estimate of drug-likeness (QED) is 0.680. The lowest BCUT2D eigenvalue weighted by molar-refractivity contribution is 0.413. The standard InChI is InChI=1S/C20H21N3O3S/c1-23-13-12-21-20(23)19(17-9-6-10-18(15-17)26-2)22-27(24,25)14-11-16-7-4-3-5-8-16/h3-15,19,22H,1-2H3/b14-11+. The number of aryl methyl sites for hydroxylation is 1. The summed E-state index contributed by atoms with van der Waals surface area (Å²) in [5, 5.41) is 1.17. The summed E-state index contributed by atoms with van der Waals surface area (Å²) >= 11 is 0. The van der Waals surface area contributed by atoms with E-state index < -0.39 is 16.1 Å². The van der Waals surface area contributed by atoms with E-state index in [1.165, 1.54) is 5.41 Å². The van der Waals surface area contributed by atoms with Gasteiger partial charge in [-0.05, 0) is 29.3 Å². The zero-order chi connectivity index (χ0) is 19.3. The van der Waals surface area contributed by atoms with Gasteiger partial charge in [0.25, 0.3) is 0 Å². The van der Waals surface area contributed by atoms with E-state index in [1.807, 2.05) is 55.6 Å². The predicted octanol–water partition coefficient (Wildman–Crippen LogP) is 3.11. The summed E-state index contributed by atoms with van der Waals surface area (Å²) in [5.74, 6) is 1.23. The predicted molar refractivity (Wildman–Crippen MR) is 106 cm³/mol. The maximum Gasteiger partial charge on any atom is 0.234 e. The third-order valence-electron chi connectivity index (χ3n) is 4.07. The van der Waals surface area contributed by atoms with Gasteiger partial charge in [0.05, 0.1) is 7.11 Å². The van der Waals surface area contributed by atoms with Crippen LogP contribution in [-0.2, 0) is 17.1 Å². The number of ether oxygens (including phenoxy) is 1. The highest BCUT2D eigenvalue weighted by atomic mass is 32.2. The Morgan fingerprint density at radius 3 is 2.59 bits per heavy atom. The molecule has 0 amide bonds. The maximum absolute atomic E-state index is 12.7. The molecule has 2 aromatic carbocycles. The average molecular weight is 383 g/mol. The molecule has 1 atom stereocenters. The van der Waals surface area contributed by atoms with Crippen LogP contribution in [0.4, 0.5) is 0 Å². The van der Waals surface area contributed by atoms with Gasteiger partial charge >= 0.3 is 0 Å². The minimum absolute atomic E-state index is 0.583. The Morgan fingerprint density at radius 2 is 1.93 bits per heavy atom. The van der Waals surface area contributed by atoms with Crippen molar-refractivity contribution in [2.45, 2.75) is 6.04 Å². The van der Waals surface area contributed by atoms with Crippen LogP contribution >= 0.6 is 0 Å². The lowest BCUT2D eigenvalue weighted by Gasteiger charge is -2.18. The fourth-order valence-electron chi connectivity index (χ4n) is 2.68. The Hall–Kier alpha value is -2.90. The smallest absolute Gasteiger partial charge is 0.234 e. The van der Waals surface area contributed by atoms with Crippen LogP contribution in [0.2, 0.25) is 0 Å². The van der Waals surface area contributed by atoms with Gasteiger partial charge in [0.2, 0.25) is 10.0 Å². The number of hydrogen-bond donors (Lipinski definition) is 1. The van der Waals surface area contributed by atoms with Crippen molar-refractivity contribution in [3.05, 3.63) is 89.4 Å². The first-order chi connectivity index (χ1) is 13.0. The van der Waals surface area contributed by atoms with E-state index in [4.69, 9.17) is 4.74 Å². The molecule has 0 radical (unpaired) electrons. The normalized spacial score (nSPS) is 13.0. The number of rotatable bonds is 7. The van der Waals surface area contributed by atoms with Crippen LogP contribution < -0.4 is 9.46 Å². The summed E-state index contributed by atoms with van der Waals surface area (Å²) in [4.78, 5) is 4.32. The number of hydrogen-bond acceptors (Lipinski definition) is 4. The number of aromatic nitrogens is 2. The summed E-state index contributed by atoms with van der Waals surface area (Å²) in [6.07, 6.45) is 4.97. The molecule has 1 heterocycles. The number of nitrogens with zero attached hydrogens (tertiary/aromatic N) is 2. The molecule has 140 valence electrons. The van der Waals surface area contributed by atoms with Gasteiger partial charge in [0.15, 0.2) is 0 Å². The van der Waals surface area contributed by atoms with E-state index in [9.17, 15) is 8.42 Å². The minimum atomic E-state index is -3.71. The third-order valence-corrected chi connectivity index (χ3v) is 5.12. The van der Waals surface area contributed by atoms with Crippen molar-refractivity contribution in [3.63, 3.8) is 0 Å². The van der Waals surface area contributed by atoms with Crippen LogP contribution in [0.1, 0.15) is 23.0 Å². The second-order valence-corrected chi connectivity index (χ2v) is 7.58. The molecule has 0 bridgehead atoms. The molecule has 0 saturated carbocycles. The number of nitrogens with one attached hydrogen (secondary N) is 1. The second kappa shape index (κ2) is 8.20. The monoisotopic (exact) mass is 383 g/mol. The van der Waals surface area contributed by atoms with Crippen molar-refractivity contribution < 1.29 is 13.2 Å². The van der Waals surface area contributed by atoms with Crippen molar-refractivity contribution in [1.29, 1.82) is 0 Å². The summed E-state index contributed by atoms with van der Waals surface area (Å²) in [7, 11) is -0.320. The van der Waals surface area contributed by atoms with Gasteiger partial charge in [-0.15, -0.1) is 0 Å². The third kappa shape index (κ3) is 4.84. The summed E-state index contributed by atoms with van der Waals surface area (Å²) in [5.41, 5.74) is 1.54. The van der Waals surface area contributed by atoms with Crippen molar-refractivity contribution in [2.75, 3.05) is 7.11 Å². The summed E-state index contributed by atoms with van der Waals surface area (Å²) in [6.45, 7) is 0. The molecule has 0 aliphatic heterocycles. The highest BCUT2D eigenvalue weighted by molar-refractivity contribution is 7.92. The topological polar surface area (TPSA) is 73.2 Å². The molecule has 1 aromatic heterocycles. The minimum Gasteiger partial charge on any atom is -0.497 e. The van der Waals surface area contributed by atoms with E-state index in [1.54, 1.807) is 36.2 Å². The van der Waals surface area contributed by atoms with Crippen molar-refractivity contribution in [1.82, 2.24) is 14.3 Å². The van der Waals surface area contributed by atoms with Crippen LogP contribution in [-0.4, -0.2) is 25.1 Å². The molecule has 27 heavy (non-hydrogen) atoms.